The summed E-state index contributed by atoms with van der Waals surface area (Å²) in [5, 5.41) is 2.45. The first-order valence-corrected chi connectivity index (χ1v) is 8.07. The van der Waals surface area contributed by atoms with Crippen molar-refractivity contribution in [2.24, 2.45) is 10.7 Å². The Bertz CT molecular complexity index is 630. The number of rotatable bonds is 6. The minimum absolute atomic E-state index is 0.0158. The topological polar surface area (TPSA) is 93.8 Å². The monoisotopic (exact) mass is 339 g/mol. The van der Waals surface area contributed by atoms with E-state index in [1.165, 1.54) is 25.1 Å². The normalized spacial score (nSPS) is 13.0. The molecule has 0 saturated heterocycles. The van der Waals surface area contributed by atoms with Gasteiger partial charge in [0.2, 0.25) is 0 Å². The van der Waals surface area contributed by atoms with Crippen LogP contribution in [0.2, 0.25) is 0 Å². The molecule has 0 aliphatic carbocycles. The molecular weight excluding hydrogens is 323 g/mol. The van der Waals surface area contributed by atoms with Crippen LogP contribution in [0.25, 0.3) is 0 Å². The van der Waals surface area contributed by atoms with Gasteiger partial charge in [0.15, 0.2) is 21.5 Å². The summed E-state index contributed by atoms with van der Waals surface area (Å²) in [5.41, 5.74) is 5.49. The van der Waals surface area contributed by atoms with E-state index in [1.54, 1.807) is 0 Å². The van der Waals surface area contributed by atoms with Gasteiger partial charge in [0.05, 0.1) is 18.0 Å². The Morgan fingerprint density at radius 1 is 1.36 bits per heavy atom. The number of nitrogens with zero attached hydrogens (tertiary/aromatic N) is 1. The molecule has 0 heterocycles. The molecule has 6 nitrogen and oxygen atoms in total. The molecular formula is C12H16F3N3O3S. The van der Waals surface area contributed by atoms with Crippen molar-refractivity contribution >= 4 is 21.5 Å². The fourth-order valence-electron chi connectivity index (χ4n) is 1.41. The Labute approximate surface area is 126 Å². The first kappa shape index (κ1) is 18.1. The first-order valence-electron chi connectivity index (χ1n) is 6.25. The van der Waals surface area contributed by atoms with E-state index >= 15 is 0 Å². The minimum Gasteiger partial charge on any atom is -0.404 e. The number of alkyl halides is 3. The molecule has 0 bridgehead atoms. The Balaban J connectivity index is 2.74. The van der Waals surface area contributed by atoms with Crippen molar-refractivity contribution in [3.8, 4) is 5.75 Å². The van der Waals surface area contributed by atoms with Crippen molar-refractivity contribution in [3.63, 3.8) is 0 Å². The molecule has 10 heteroatoms. The van der Waals surface area contributed by atoms with Crippen LogP contribution < -0.4 is 15.8 Å². The van der Waals surface area contributed by atoms with E-state index in [0.717, 1.165) is 6.07 Å². The zero-order valence-corrected chi connectivity index (χ0v) is 12.5. The van der Waals surface area contributed by atoms with E-state index in [0.29, 0.717) is 0 Å². The number of nitrogens with two attached hydrogens (primary N) is 1. The third kappa shape index (κ3) is 6.66. The highest BCUT2D eigenvalue weighted by Crippen LogP contribution is 2.29. The number of anilines is 1. The van der Waals surface area contributed by atoms with Gasteiger partial charge in [-0.15, -0.1) is 13.2 Å². The lowest BCUT2D eigenvalue weighted by molar-refractivity contribution is -0.274. The van der Waals surface area contributed by atoms with E-state index in [9.17, 15) is 21.6 Å². The standard InChI is InChI=1S/C12H16F3N3O3S/c1-2-22(19,20)8-7-17-11(16)18-9-5-3-4-6-10(9)21-12(13,14)15/h3-6H,2,7-8H2,1H3,(H3,16,17,18). The molecule has 0 aliphatic heterocycles. The maximum atomic E-state index is 12.3. The number of para-hydroxylation sites is 2. The molecule has 3 N–H and O–H groups in total. The van der Waals surface area contributed by atoms with Crippen LogP contribution in [0.4, 0.5) is 18.9 Å². The molecule has 0 spiro atoms. The third-order valence-electron chi connectivity index (χ3n) is 2.50. The summed E-state index contributed by atoms with van der Waals surface area (Å²) in [6, 6.07) is 5.30. The zero-order chi connectivity index (χ0) is 16.8. The Morgan fingerprint density at radius 2 is 2.00 bits per heavy atom. The summed E-state index contributed by atoms with van der Waals surface area (Å²) in [4.78, 5) is 3.76. The van der Waals surface area contributed by atoms with E-state index in [2.05, 4.69) is 15.0 Å². The van der Waals surface area contributed by atoms with E-state index in [-0.39, 0.29) is 29.7 Å². The van der Waals surface area contributed by atoms with E-state index < -0.39 is 21.9 Å². The van der Waals surface area contributed by atoms with Crippen molar-refractivity contribution in [2.45, 2.75) is 13.3 Å². The molecule has 0 fully saturated rings. The molecule has 0 aromatic heterocycles. The number of hydrogen-bond donors (Lipinski definition) is 2. The first-order chi connectivity index (χ1) is 10.1. The summed E-state index contributed by atoms with van der Waals surface area (Å²) in [5.74, 6) is -0.871. The van der Waals surface area contributed by atoms with Crippen molar-refractivity contribution in [2.75, 3.05) is 23.4 Å². The van der Waals surface area contributed by atoms with Crippen LogP contribution in [0.5, 0.6) is 5.75 Å². The summed E-state index contributed by atoms with van der Waals surface area (Å²) in [7, 11) is -3.18. The largest absolute Gasteiger partial charge is 0.573 e. The Kier molecular flexibility index (Phi) is 6.03. The SMILES string of the molecule is CCS(=O)(=O)CCN=C(N)Nc1ccccc1OC(F)(F)F. The number of sulfone groups is 1. The van der Waals surface area contributed by atoms with Crippen molar-refractivity contribution in [3.05, 3.63) is 24.3 Å². The highest BCUT2D eigenvalue weighted by molar-refractivity contribution is 7.91. The lowest BCUT2D eigenvalue weighted by Gasteiger charge is -2.14. The quantitative estimate of drug-likeness (QED) is 0.608. The van der Waals surface area contributed by atoms with Crippen LogP contribution in [-0.2, 0) is 9.84 Å². The van der Waals surface area contributed by atoms with Crippen molar-refractivity contribution in [1.82, 2.24) is 0 Å². The second kappa shape index (κ2) is 7.34. The predicted octanol–water partition coefficient (Wildman–Crippen LogP) is 1.75. The fraction of sp³-hybridized carbons (Fsp3) is 0.417. The van der Waals surface area contributed by atoms with Gasteiger partial charge in [-0.25, -0.2) is 8.42 Å². The van der Waals surface area contributed by atoms with Gasteiger partial charge in [0.1, 0.15) is 0 Å². The molecule has 1 aromatic rings. The van der Waals surface area contributed by atoms with Crippen molar-refractivity contribution < 1.29 is 26.3 Å². The highest BCUT2D eigenvalue weighted by Gasteiger charge is 2.32. The average molecular weight is 339 g/mol. The van der Waals surface area contributed by atoms with Gasteiger partial charge < -0.3 is 15.8 Å². The molecule has 0 saturated carbocycles. The van der Waals surface area contributed by atoms with Crippen LogP contribution in [0.15, 0.2) is 29.3 Å². The maximum absolute atomic E-state index is 12.3. The van der Waals surface area contributed by atoms with Crippen LogP contribution in [0.1, 0.15) is 6.92 Å². The van der Waals surface area contributed by atoms with Crippen LogP contribution in [0, 0.1) is 0 Å². The fourth-order valence-corrected chi connectivity index (χ4v) is 2.07. The molecule has 0 radical (unpaired) electrons. The molecule has 1 aromatic carbocycles. The summed E-state index contributed by atoms with van der Waals surface area (Å²) in [6.07, 6.45) is -4.83. The zero-order valence-electron chi connectivity index (χ0n) is 11.7. The minimum atomic E-state index is -4.83. The smallest absolute Gasteiger partial charge is 0.404 e. The number of ether oxygens (including phenoxy) is 1. The van der Waals surface area contributed by atoms with Gasteiger partial charge in [-0.3, -0.25) is 4.99 Å². The van der Waals surface area contributed by atoms with Crippen LogP contribution in [0.3, 0.4) is 0 Å². The third-order valence-corrected chi connectivity index (χ3v) is 4.18. The molecule has 0 atom stereocenters. The predicted molar refractivity (Wildman–Crippen MR) is 77.6 cm³/mol. The second-order valence-electron chi connectivity index (χ2n) is 4.17. The number of benzene rings is 1. The average Bonchev–Trinajstić information content (AvgIpc) is 2.39. The molecule has 22 heavy (non-hydrogen) atoms. The Hall–Kier alpha value is -1.97. The molecule has 0 aliphatic rings. The molecule has 0 unspecified atom stereocenters. The number of nitrogens with one attached hydrogen (secondary N) is 1. The van der Waals surface area contributed by atoms with Gasteiger partial charge in [0.25, 0.3) is 0 Å². The van der Waals surface area contributed by atoms with Gasteiger partial charge in [0, 0.05) is 5.75 Å². The summed E-state index contributed by atoms with van der Waals surface area (Å²) in [6.45, 7) is 1.42. The lowest BCUT2D eigenvalue weighted by atomic mass is 10.3. The van der Waals surface area contributed by atoms with E-state index in [1.807, 2.05) is 0 Å². The van der Waals surface area contributed by atoms with Crippen LogP contribution in [-0.4, -0.2) is 38.8 Å². The number of aliphatic imine (C=N–C) groups is 1. The molecule has 1 rings (SSSR count). The van der Waals surface area contributed by atoms with Gasteiger partial charge in [-0.2, -0.15) is 0 Å². The van der Waals surface area contributed by atoms with Crippen LogP contribution >= 0.6 is 0 Å². The number of halogens is 3. The maximum Gasteiger partial charge on any atom is 0.573 e. The van der Waals surface area contributed by atoms with Gasteiger partial charge >= 0.3 is 6.36 Å². The number of hydrogen-bond acceptors (Lipinski definition) is 4. The van der Waals surface area contributed by atoms with Gasteiger partial charge in [-0.05, 0) is 12.1 Å². The summed E-state index contributed by atoms with van der Waals surface area (Å²) < 4.78 is 63.2. The second-order valence-corrected chi connectivity index (χ2v) is 6.65. The van der Waals surface area contributed by atoms with Gasteiger partial charge in [-0.1, -0.05) is 19.1 Å². The lowest BCUT2D eigenvalue weighted by Crippen LogP contribution is -2.25. The molecule has 0 amide bonds. The summed E-state index contributed by atoms with van der Waals surface area (Å²) >= 11 is 0. The van der Waals surface area contributed by atoms with Crippen molar-refractivity contribution in [1.29, 1.82) is 0 Å². The highest BCUT2D eigenvalue weighted by atomic mass is 32.2. The Morgan fingerprint density at radius 3 is 2.59 bits per heavy atom. The number of guanidine groups is 1. The molecule has 124 valence electrons. The van der Waals surface area contributed by atoms with E-state index in [4.69, 9.17) is 5.73 Å².